The number of nitrogens with zero attached hydrogens (tertiary/aromatic N) is 1. The molecule has 1 amide bonds. The van der Waals surface area contributed by atoms with Crippen molar-refractivity contribution in [3.8, 4) is 5.75 Å². The van der Waals surface area contributed by atoms with E-state index in [0.29, 0.717) is 42.1 Å². The van der Waals surface area contributed by atoms with Gasteiger partial charge in [0.25, 0.3) is 5.91 Å². The number of benzene rings is 2. The van der Waals surface area contributed by atoms with Crippen molar-refractivity contribution in [2.45, 2.75) is 51.6 Å². The molecule has 1 heterocycles. The molecule has 0 bridgehead atoms. The lowest BCUT2D eigenvalue weighted by Crippen LogP contribution is -2.44. The van der Waals surface area contributed by atoms with Crippen molar-refractivity contribution in [1.82, 2.24) is 4.90 Å². The van der Waals surface area contributed by atoms with E-state index in [2.05, 4.69) is 0 Å². The first-order valence-corrected chi connectivity index (χ1v) is 10.6. The van der Waals surface area contributed by atoms with Crippen molar-refractivity contribution in [2.24, 2.45) is 0 Å². The Bertz CT molecular complexity index is 1090. The van der Waals surface area contributed by atoms with Gasteiger partial charge in [-0.25, -0.2) is 0 Å². The molecule has 0 saturated heterocycles. The number of hydrogen-bond donors (Lipinski definition) is 0. The molecule has 0 spiro atoms. The van der Waals surface area contributed by atoms with Gasteiger partial charge >= 0.3 is 5.97 Å². The van der Waals surface area contributed by atoms with E-state index in [-0.39, 0.29) is 36.3 Å². The van der Waals surface area contributed by atoms with Crippen LogP contribution in [0.1, 0.15) is 52.7 Å². The first kappa shape index (κ1) is 21.2. The summed E-state index contributed by atoms with van der Waals surface area (Å²) in [7, 11) is 0. The number of rotatable bonds is 5. The fourth-order valence-electron chi connectivity index (χ4n) is 4.10. The van der Waals surface area contributed by atoms with Gasteiger partial charge in [-0.15, -0.1) is 0 Å². The quantitative estimate of drug-likeness (QED) is 0.402. The molecule has 7 heteroatoms. The minimum absolute atomic E-state index is 0.0617. The lowest BCUT2D eigenvalue weighted by molar-refractivity contribution is -0.135. The Morgan fingerprint density at radius 2 is 1.97 bits per heavy atom. The first-order chi connectivity index (χ1) is 14.8. The van der Waals surface area contributed by atoms with Gasteiger partial charge in [-0.3, -0.25) is 19.2 Å². The molecule has 0 aromatic heterocycles. The zero-order valence-electron chi connectivity index (χ0n) is 17.2. The van der Waals surface area contributed by atoms with Gasteiger partial charge < -0.3 is 9.64 Å². The monoisotopic (exact) mass is 439 g/mol. The van der Waals surface area contributed by atoms with Gasteiger partial charge in [-0.2, -0.15) is 0 Å². The smallest absolute Gasteiger partial charge is 0.311 e. The lowest BCUT2D eigenvalue weighted by atomic mass is 9.92. The highest BCUT2D eigenvalue weighted by molar-refractivity contribution is 6.31. The Morgan fingerprint density at radius 3 is 2.71 bits per heavy atom. The molecule has 0 N–H and O–H groups in total. The summed E-state index contributed by atoms with van der Waals surface area (Å²) in [6, 6.07) is 10.0. The van der Waals surface area contributed by atoms with E-state index >= 15 is 0 Å². The molecule has 2 aliphatic rings. The highest BCUT2D eigenvalue weighted by Crippen LogP contribution is 2.30. The van der Waals surface area contributed by atoms with Gasteiger partial charge in [0.15, 0.2) is 5.78 Å². The minimum Gasteiger partial charge on any atom is -0.427 e. The van der Waals surface area contributed by atoms with Gasteiger partial charge in [0.1, 0.15) is 11.5 Å². The van der Waals surface area contributed by atoms with Crippen LogP contribution in [0.5, 0.6) is 5.75 Å². The molecule has 160 valence electrons. The van der Waals surface area contributed by atoms with Crippen molar-refractivity contribution in [3.05, 3.63) is 63.7 Å². The number of ketones is 2. The topological polar surface area (TPSA) is 80.8 Å². The number of ether oxygens (including phenoxy) is 1. The van der Waals surface area contributed by atoms with Crippen molar-refractivity contribution >= 4 is 35.0 Å². The number of esters is 1. The Balaban J connectivity index is 1.38. The number of Topliss-reactive ketones (excluding diaryl/α,β-unsaturated/α-hetero) is 2. The third-order valence-corrected chi connectivity index (χ3v) is 6.22. The van der Waals surface area contributed by atoms with Crippen molar-refractivity contribution in [3.63, 3.8) is 0 Å². The highest BCUT2D eigenvalue weighted by atomic mass is 35.5. The average Bonchev–Trinajstić information content (AvgIpc) is 3.05. The van der Waals surface area contributed by atoms with Gasteiger partial charge in [0, 0.05) is 30.0 Å². The summed E-state index contributed by atoms with van der Waals surface area (Å²) in [5, 5.41) is 0.614. The van der Waals surface area contributed by atoms with E-state index < -0.39 is 6.04 Å². The van der Waals surface area contributed by atoms with Crippen LogP contribution in [0.25, 0.3) is 0 Å². The van der Waals surface area contributed by atoms with Crippen LogP contribution in [-0.2, 0) is 27.3 Å². The standard InChI is InChI=1S/C24H22ClNO5/c1-14-10-18(5-7-20(14)25)31-23(29)9-3-15-2-6-19-16(11-15)13-26(24(19)30)21-8-4-17(27)12-22(21)28/h2,5-7,10-11,21H,3-4,8-9,12-13H2,1H3. The molecular formula is C24H22ClNO5. The first-order valence-electron chi connectivity index (χ1n) is 10.3. The maximum Gasteiger partial charge on any atom is 0.311 e. The fourth-order valence-corrected chi connectivity index (χ4v) is 4.22. The maximum atomic E-state index is 12.8. The summed E-state index contributed by atoms with van der Waals surface area (Å²) in [5.41, 5.74) is 3.17. The van der Waals surface area contributed by atoms with Gasteiger partial charge in [-0.05, 0) is 60.7 Å². The van der Waals surface area contributed by atoms with E-state index in [0.717, 1.165) is 16.7 Å². The van der Waals surface area contributed by atoms with Crippen LogP contribution in [0.4, 0.5) is 0 Å². The molecule has 1 atom stereocenters. The van der Waals surface area contributed by atoms with Crippen LogP contribution in [0.2, 0.25) is 5.02 Å². The van der Waals surface area contributed by atoms with Gasteiger partial charge in [0.05, 0.1) is 12.5 Å². The average molecular weight is 440 g/mol. The summed E-state index contributed by atoms with van der Waals surface area (Å²) >= 11 is 5.99. The molecule has 2 aromatic carbocycles. The van der Waals surface area contributed by atoms with Crippen molar-refractivity contribution in [2.75, 3.05) is 0 Å². The van der Waals surface area contributed by atoms with E-state index in [1.807, 2.05) is 19.1 Å². The molecule has 0 radical (unpaired) electrons. The van der Waals surface area contributed by atoms with Gasteiger partial charge in [0.2, 0.25) is 0 Å². The fraction of sp³-hybridized carbons (Fsp3) is 0.333. The molecule has 2 aromatic rings. The van der Waals surface area contributed by atoms with Crippen LogP contribution in [0.15, 0.2) is 36.4 Å². The second-order valence-electron chi connectivity index (χ2n) is 8.05. The SMILES string of the molecule is Cc1cc(OC(=O)CCc2ccc3c(c2)CN(C2CCC(=O)CC2=O)C3=O)ccc1Cl. The molecule has 6 nitrogen and oxygen atoms in total. The van der Waals surface area contributed by atoms with Crippen LogP contribution in [0.3, 0.4) is 0 Å². The molecule has 1 fully saturated rings. The largest absolute Gasteiger partial charge is 0.427 e. The molecule has 1 aliphatic heterocycles. The summed E-state index contributed by atoms with van der Waals surface area (Å²) in [4.78, 5) is 50.3. The molecule has 1 unspecified atom stereocenters. The molecule has 1 saturated carbocycles. The maximum absolute atomic E-state index is 12.8. The van der Waals surface area contributed by atoms with Crippen LogP contribution < -0.4 is 4.74 Å². The minimum atomic E-state index is -0.529. The summed E-state index contributed by atoms with van der Waals surface area (Å²) in [6.07, 6.45) is 1.30. The third-order valence-electron chi connectivity index (χ3n) is 5.80. The van der Waals surface area contributed by atoms with E-state index in [1.54, 1.807) is 29.2 Å². The number of carbonyl (C=O) groups excluding carboxylic acids is 4. The number of hydrogen-bond acceptors (Lipinski definition) is 5. The summed E-state index contributed by atoms with van der Waals surface area (Å²) in [6.45, 7) is 2.19. The van der Waals surface area contributed by atoms with Crippen LogP contribution >= 0.6 is 11.6 Å². The van der Waals surface area contributed by atoms with Crippen molar-refractivity contribution in [1.29, 1.82) is 0 Å². The Morgan fingerprint density at radius 1 is 1.16 bits per heavy atom. The number of halogens is 1. The molecule has 4 rings (SSSR count). The summed E-state index contributed by atoms with van der Waals surface area (Å²) in [5.74, 6) is -0.312. The third kappa shape index (κ3) is 4.54. The zero-order chi connectivity index (χ0) is 22.1. The Kier molecular flexibility index (Phi) is 5.92. The van der Waals surface area contributed by atoms with E-state index in [1.165, 1.54) is 0 Å². The Labute approximate surface area is 185 Å². The summed E-state index contributed by atoms with van der Waals surface area (Å²) < 4.78 is 5.37. The van der Waals surface area contributed by atoms with Crippen molar-refractivity contribution < 1.29 is 23.9 Å². The van der Waals surface area contributed by atoms with Gasteiger partial charge in [-0.1, -0.05) is 23.7 Å². The number of amides is 1. The number of aryl methyl sites for hydroxylation is 2. The zero-order valence-corrected chi connectivity index (χ0v) is 17.9. The second-order valence-corrected chi connectivity index (χ2v) is 8.45. The number of carbonyl (C=O) groups is 4. The molecule has 31 heavy (non-hydrogen) atoms. The van der Waals surface area contributed by atoms with E-state index in [9.17, 15) is 19.2 Å². The number of fused-ring (bicyclic) bond motifs is 1. The highest BCUT2D eigenvalue weighted by Gasteiger charge is 2.38. The van der Waals surface area contributed by atoms with E-state index in [4.69, 9.17) is 16.3 Å². The predicted octanol–water partition coefficient (Wildman–Crippen LogP) is 3.83. The van der Waals surface area contributed by atoms with Crippen LogP contribution in [0, 0.1) is 6.92 Å². The lowest BCUT2D eigenvalue weighted by Gasteiger charge is -2.29. The Hall–Kier alpha value is -2.99. The second kappa shape index (κ2) is 8.63. The predicted molar refractivity (Wildman–Crippen MR) is 114 cm³/mol. The molecule has 1 aliphatic carbocycles. The normalized spacial score (nSPS) is 18.3. The van der Waals surface area contributed by atoms with Crippen LogP contribution in [-0.4, -0.2) is 34.4 Å². The molecular weight excluding hydrogens is 418 g/mol.